The summed E-state index contributed by atoms with van der Waals surface area (Å²) >= 11 is 6.21. The Balaban J connectivity index is 3.19. The first-order valence-electron chi connectivity index (χ1n) is 2.91. The van der Waals surface area contributed by atoms with Crippen LogP contribution in [0.3, 0.4) is 0 Å². The van der Waals surface area contributed by atoms with Gasteiger partial charge in [0.1, 0.15) is 0 Å². The zero-order valence-electron chi connectivity index (χ0n) is 6.24. The van der Waals surface area contributed by atoms with Gasteiger partial charge in [0, 0.05) is 14.1 Å². The standard InChI is InChI=1S/C5H8N4S2/c1-9(2)4-7-3(6)8-5(10)11-4/h1-2H3,(H2,6,8,10). The smallest absolute Gasteiger partial charge is 0.224 e. The first-order chi connectivity index (χ1) is 5.09. The number of hydrogen-bond donors (Lipinski definition) is 1. The van der Waals surface area contributed by atoms with Crippen molar-refractivity contribution in [3.05, 3.63) is 3.95 Å². The maximum atomic E-state index is 5.39. The molecule has 11 heavy (non-hydrogen) atoms. The van der Waals surface area contributed by atoms with Crippen LogP contribution in [0.5, 0.6) is 0 Å². The third-order valence-electron chi connectivity index (χ3n) is 0.977. The molecule has 0 aliphatic rings. The van der Waals surface area contributed by atoms with Gasteiger partial charge in [-0.2, -0.15) is 9.97 Å². The molecule has 0 amide bonds. The van der Waals surface area contributed by atoms with Crippen molar-refractivity contribution >= 4 is 34.6 Å². The minimum absolute atomic E-state index is 0.234. The molecule has 4 nitrogen and oxygen atoms in total. The first kappa shape index (κ1) is 8.35. The minimum Gasteiger partial charge on any atom is -0.368 e. The molecule has 0 atom stereocenters. The third-order valence-corrected chi connectivity index (χ3v) is 2.22. The fraction of sp³-hybridized carbons (Fsp3) is 0.400. The van der Waals surface area contributed by atoms with Gasteiger partial charge in [0.2, 0.25) is 5.95 Å². The van der Waals surface area contributed by atoms with Crippen molar-refractivity contribution in [1.29, 1.82) is 0 Å². The molecule has 1 heterocycles. The molecule has 60 valence electrons. The highest BCUT2D eigenvalue weighted by molar-refractivity contribution is 7.73. The fourth-order valence-corrected chi connectivity index (χ4v) is 1.47. The van der Waals surface area contributed by atoms with Crippen molar-refractivity contribution < 1.29 is 0 Å². The lowest BCUT2D eigenvalue weighted by atomic mass is 10.9. The molecule has 1 rings (SSSR count). The van der Waals surface area contributed by atoms with E-state index in [2.05, 4.69) is 9.97 Å². The quantitative estimate of drug-likeness (QED) is 0.664. The van der Waals surface area contributed by atoms with Gasteiger partial charge < -0.3 is 10.6 Å². The summed E-state index contributed by atoms with van der Waals surface area (Å²) in [5, 5.41) is 0.780. The average Bonchev–Trinajstić information content (AvgIpc) is 1.85. The molecule has 0 aliphatic carbocycles. The lowest BCUT2D eigenvalue weighted by molar-refractivity contribution is 1.08. The highest BCUT2D eigenvalue weighted by Crippen LogP contribution is 2.15. The molecule has 0 saturated carbocycles. The molecular weight excluding hydrogens is 180 g/mol. The second-order valence-electron chi connectivity index (χ2n) is 2.13. The normalized spacial score (nSPS) is 9.64. The van der Waals surface area contributed by atoms with Crippen molar-refractivity contribution in [3.63, 3.8) is 0 Å². The van der Waals surface area contributed by atoms with Crippen LogP contribution in [0.25, 0.3) is 0 Å². The molecule has 1 aromatic rings. The van der Waals surface area contributed by atoms with E-state index >= 15 is 0 Å². The zero-order valence-corrected chi connectivity index (χ0v) is 7.87. The highest BCUT2D eigenvalue weighted by Gasteiger charge is 1.99. The van der Waals surface area contributed by atoms with Gasteiger partial charge in [-0.25, -0.2) is 0 Å². The van der Waals surface area contributed by atoms with E-state index in [-0.39, 0.29) is 5.95 Å². The predicted octanol–water partition coefficient (Wildman–Crippen LogP) is 0.916. The van der Waals surface area contributed by atoms with Crippen LogP contribution in [0.2, 0.25) is 0 Å². The Morgan fingerprint density at radius 3 is 2.55 bits per heavy atom. The summed E-state index contributed by atoms with van der Waals surface area (Å²) in [6.45, 7) is 0. The number of rotatable bonds is 1. The fourth-order valence-electron chi connectivity index (χ4n) is 0.532. The van der Waals surface area contributed by atoms with Gasteiger partial charge in [-0.05, 0) is 12.2 Å². The number of anilines is 2. The van der Waals surface area contributed by atoms with Crippen LogP contribution in [-0.2, 0) is 0 Å². The SMILES string of the molecule is CN(C)c1nc(N)nc(=S)s1. The molecule has 1 aromatic heterocycles. The van der Waals surface area contributed by atoms with Crippen LogP contribution >= 0.6 is 23.6 Å². The summed E-state index contributed by atoms with van der Waals surface area (Å²) < 4.78 is 0.515. The van der Waals surface area contributed by atoms with Crippen LogP contribution < -0.4 is 10.6 Å². The summed E-state index contributed by atoms with van der Waals surface area (Å²) in [6, 6.07) is 0. The molecule has 0 unspecified atom stereocenters. The Morgan fingerprint density at radius 1 is 1.45 bits per heavy atom. The second kappa shape index (κ2) is 3.10. The monoisotopic (exact) mass is 188 g/mol. The molecular formula is C5H8N4S2. The molecule has 0 spiro atoms. The maximum absolute atomic E-state index is 5.39. The molecule has 6 heteroatoms. The molecule has 0 aromatic carbocycles. The van der Waals surface area contributed by atoms with Gasteiger partial charge >= 0.3 is 0 Å². The maximum Gasteiger partial charge on any atom is 0.224 e. The van der Waals surface area contributed by atoms with Crippen molar-refractivity contribution in [1.82, 2.24) is 9.97 Å². The van der Waals surface area contributed by atoms with Crippen molar-refractivity contribution in [3.8, 4) is 0 Å². The largest absolute Gasteiger partial charge is 0.368 e. The summed E-state index contributed by atoms with van der Waals surface area (Å²) in [7, 11) is 3.76. The van der Waals surface area contributed by atoms with Crippen LogP contribution in [-0.4, -0.2) is 24.1 Å². The van der Waals surface area contributed by atoms with Gasteiger partial charge in [0.15, 0.2) is 9.09 Å². The lowest BCUT2D eigenvalue weighted by Gasteiger charge is -2.08. The van der Waals surface area contributed by atoms with E-state index in [4.69, 9.17) is 18.0 Å². The molecule has 2 N–H and O–H groups in total. The van der Waals surface area contributed by atoms with Gasteiger partial charge in [0.05, 0.1) is 0 Å². The Bertz CT molecular complexity index is 306. The van der Waals surface area contributed by atoms with Gasteiger partial charge in [0.25, 0.3) is 0 Å². The summed E-state index contributed by atoms with van der Waals surface area (Å²) in [5.41, 5.74) is 5.39. The van der Waals surface area contributed by atoms with E-state index < -0.39 is 0 Å². The summed E-state index contributed by atoms with van der Waals surface area (Å²) in [6.07, 6.45) is 0. The number of nitrogen functional groups attached to an aromatic ring is 1. The van der Waals surface area contributed by atoms with Crippen molar-refractivity contribution in [2.24, 2.45) is 0 Å². The Morgan fingerprint density at radius 2 is 2.09 bits per heavy atom. The number of nitrogens with two attached hydrogens (primary N) is 1. The third kappa shape index (κ3) is 2.09. The molecule has 0 bridgehead atoms. The number of hydrogen-bond acceptors (Lipinski definition) is 6. The van der Waals surface area contributed by atoms with Crippen LogP contribution in [0.4, 0.5) is 11.1 Å². The molecule has 0 fully saturated rings. The topological polar surface area (TPSA) is 55.0 Å². The molecule has 0 saturated heterocycles. The van der Waals surface area contributed by atoms with Crippen LogP contribution in [0.15, 0.2) is 0 Å². The van der Waals surface area contributed by atoms with Gasteiger partial charge in [-0.1, -0.05) is 11.3 Å². The first-order valence-corrected chi connectivity index (χ1v) is 4.14. The zero-order chi connectivity index (χ0) is 8.43. The lowest BCUT2D eigenvalue weighted by Crippen LogP contribution is -2.10. The summed E-state index contributed by atoms with van der Waals surface area (Å²) in [5.74, 6) is 0.234. The van der Waals surface area contributed by atoms with Crippen molar-refractivity contribution in [2.75, 3.05) is 24.7 Å². The van der Waals surface area contributed by atoms with Crippen LogP contribution in [0, 0.1) is 3.95 Å². The Labute approximate surface area is 73.7 Å². The van der Waals surface area contributed by atoms with Gasteiger partial charge in [-0.15, -0.1) is 0 Å². The molecule has 0 radical (unpaired) electrons. The van der Waals surface area contributed by atoms with Crippen LogP contribution in [0.1, 0.15) is 0 Å². The van der Waals surface area contributed by atoms with E-state index in [0.29, 0.717) is 3.95 Å². The predicted molar refractivity (Wildman–Crippen MR) is 49.5 cm³/mol. The minimum atomic E-state index is 0.234. The number of nitrogens with zero attached hydrogens (tertiary/aromatic N) is 3. The highest BCUT2D eigenvalue weighted by atomic mass is 32.1. The van der Waals surface area contributed by atoms with E-state index in [9.17, 15) is 0 Å². The van der Waals surface area contributed by atoms with E-state index in [1.165, 1.54) is 11.3 Å². The Kier molecular flexibility index (Phi) is 2.35. The van der Waals surface area contributed by atoms with E-state index in [0.717, 1.165) is 5.13 Å². The average molecular weight is 188 g/mol. The molecule has 0 aliphatic heterocycles. The van der Waals surface area contributed by atoms with Gasteiger partial charge in [-0.3, -0.25) is 0 Å². The summed E-state index contributed by atoms with van der Waals surface area (Å²) in [4.78, 5) is 9.61. The number of aromatic nitrogens is 2. The van der Waals surface area contributed by atoms with E-state index in [1.807, 2.05) is 19.0 Å². The Hall–Kier alpha value is -0.750. The van der Waals surface area contributed by atoms with E-state index in [1.54, 1.807) is 0 Å². The van der Waals surface area contributed by atoms with Crippen molar-refractivity contribution in [2.45, 2.75) is 0 Å². The second-order valence-corrected chi connectivity index (χ2v) is 3.73.